The summed E-state index contributed by atoms with van der Waals surface area (Å²) in [6, 6.07) is 5.97. The number of carbonyl (C=O) groups is 1. The van der Waals surface area contributed by atoms with Gasteiger partial charge in [-0.05, 0) is 13.0 Å². The standard InChI is InChI=1S/C9H8ClFO2/c1-9(11,8(12)13)6-4-2-3-5-7(6)10/h2-5H,1H3,(H,12,13). The van der Waals surface area contributed by atoms with Crippen LogP contribution in [0, 0.1) is 0 Å². The van der Waals surface area contributed by atoms with Gasteiger partial charge in [0, 0.05) is 10.6 Å². The van der Waals surface area contributed by atoms with Gasteiger partial charge in [0.15, 0.2) is 0 Å². The van der Waals surface area contributed by atoms with Crippen LogP contribution < -0.4 is 0 Å². The van der Waals surface area contributed by atoms with E-state index in [0.717, 1.165) is 6.92 Å². The predicted molar refractivity (Wildman–Crippen MR) is 47.5 cm³/mol. The maximum Gasteiger partial charge on any atom is 0.345 e. The summed E-state index contributed by atoms with van der Waals surface area (Å²) in [6.07, 6.45) is 0. The minimum Gasteiger partial charge on any atom is -0.479 e. The Morgan fingerprint density at radius 1 is 1.54 bits per heavy atom. The van der Waals surface area contributed by atoms with E-state index in [1.165, 1.54) is 12.1 Å². The molecule has 0 fully saturated rings. The van der Waals surface area contributed by atoms with E-state index in [1.807, 2.05) is 0 Å². The monoisotopic (exact) mass is 202 g/mol. The van der Waals surface area contributed by atoms with Crippen LogP contribution in [0.15, 0.2) is 24.3 Å². The van der Waals surface area contributed by atoms with Crippen molar-refractivity contribution in [2.24, 2.45) is 0 Å². The molecule has 0 saturated heterocycles. The topological polar surface area (TPSA) is 37.3 Å². The molecule has 0 aromatic heterocycles. The third kappa shape index (κ3) is 1.80. The van der Waals surface area contributed by atoms with Gasteiger partial charge in [-0.1, -0.05) is 29.8 Å². The molecule has 0 saturated carbocycles. The predicted octanol–water partition coefficient (Wildman–Crippen LogP) is 2.61. The number of halogens is 2. The maximum atomic E-state index is 13.5. The Balaban J connectivity index is 3.22. The molecule has 1 aromatic rings. The quantitative estimate of drug-likeness (QED) is 0.801. The number of rotatable bonds is 2. The highest BCUT2D eigenvalue weighted by Gasteiger charge is 2.36. The van der Waals surface area contributed by atoms with Gasteiger partial charge >= 0.3 is 5.97 Å². The van der Waals surface area contributed by atoms with Crippen LogP contribution in [0.5, 0.6) is 0 Å². The van der Waals surface area contributed by atoms with Crippen LogP contribution in [0.1, 0.15) is 12.5 Å². The van der Waals surface area contributed by atoms with Gasteiger partial charge in [0.1, 0.15) is 0 Å². The van der Waals surface area contributed by atoms with Crippen molar-refractivity contribution in [2.75, 3.05) is 0 Å². The van der Waals surface area contributed by atoms with Crippen LogP contribution in [0.3, 0.4) is 0 Å². The molecule has 0 heterocycles. The van der Waals surface area contributed by atoms with Crippen molar-refractivity contribution in [2.45, 2.75) is 12.6 Å². The molecule has 1 unspecified atom stereocenters. The fourth-order valence-corrected chi connectivity index (χ4v) is 1.27. The van der Waals surface area contributed by atoms with Gasteiger partial charge in [-0.3, -0.25) is 0 Å². The van der Waals surface area contributed by atoms with E-state index in [-0.39, 0.29) is 10.6 Å². The number of carboxylic acids is 1. The summed E-state index contributed by atoms with van der Waals surface area (Å²) in [5, 5.41) is 8.71. The molecule has 1 N–H and O–H groups in total. The highest BCUT2D eigenvalue weighted by Crippen LogP contribution is 2.31. The van der Waals surface area contributed by atoms with E-state index in [0.29, 0.717) is 0 Å². The number of hydrogen-bond donors (Lipinski definition) is 1. The van der Waals surface area contributed by atoms with Gasteiger partial charge < -0.3 is 5.11 Å². The Bertz CT molecular complexity index is 336. The second-order valence-electron chi connectivity index (χ2n) is 2.79. The first-order chi connectivity index (χ1) is 5.96. The summed E-state index contributed by atoms with van der Waals surface area (Å²) in [5.74, 6) is -1.54. The molecule has 0 aliphatic rings. The fraction of sp³-hybridized carbons (Fsp3) is 0.222. The van der Waals surface area contributed by atoms with Gasteiger partial charge in [-0.15, -0.1) is 0 Å². The lowest BCUT2D eigenvalue weighted by molar-refractivity contribution is -0.150. The van der Waals surface area contributed by atoms with Crippen LogP contribution in [0.2, 0.25) is 5.02 Å². The molecule has 0 aliphatic carbocycles. The second kappa shape index (κ2) is 3.34. The minimum absolute atomic E-state index is 0.0239. The number of alkyl halides is 1. The number of carboxylic acid groups (broad SMARTS) is 1. The minimum atomic E-state index is -2.43. The first-order valence-electron chi connectivity index (χ1n) is 3.63. The molecule has 0 amide bonds. The molecule has 13 heavy (non-hydrogen) atoms. The Labute approximate surface area is 80.0 Å². The summed E-state index contributed by atoms with van der Waals surface area (Å²) < 4.78 is 13.5. The smallest absolute Gasteiger partial charge is 0.345 e. The van der Waals surface area contributed by atoms with Crippen LogP contribution in [-0.4, -0.2) is 11.1 Å². The van der Waals surface area contributed by atoms with Gasteiger partial charge in [-0.25, -0.2) is 9.18 Å². The van der Waals surface area contributed by atoms with Gasteiger partial charge in [0.25, 0.3) is 0 Å². The van der Waals surface area contributed by atoms with Crippen molar-refractivity contribution < 1.29 is 14.3 Å². The lowest BCUT2D eigenvalue weighted by atomic mass is 9.98. The zero-order valence-electron chi connectivity index (χ0n) is 6.92. The highest BCUT2D eigenvalue weighted by molar-refractivity contribution is 6.31. The van der Waals surface area contributed by atoms with Gasteiger partial charge in [0.05, 0.1) is 0 Å². The maximum absolute atomic E-state index is 13.5. The molecular formula is C9H8ClFO2. The first-order valence-corrected chi connectivity index (χ1v) is 4.01. The van der Waals surface area contributed by atoms with Crippen LogP contribution in [0.25, 0.3) is 0 Å². The average molecular weight is 203 g/mol. The summed E-state index contributed by atoms with van der Waals surface area (Å²) >= 11 is 5.65. The summed E-state index contributed by atoms with van der Waals surface area (Å²) in [6.45, 7) is 0.969. The molecule has 0 aliphatic heterocycles. The largest absolute Gasteiger partial charge is 0.479 e. The summed E-state index contributed by atoms with van der Waals surface area (Å²) in [4.78, 5) is 10.5. The molecule has 1 aromatic carbocycles. The zero-order chi connectivity index (χ0) is 10.1. The molecule has 70 valence electrons. The number of benzene rings is 1. The van der Waals surface area contributed by atoms with Crippen molar-refractivity contribution in [3.63, 3.8) is 0 Å². The SMILES string of the molecule is CC(F)(C(=O)O)c1ccccc1Cl. The van der Waals surface area contributed by atoms with Gasteiger partial charge in [-0.2, -0.15) is 0 Å². The van der Waals surface area contributed by atoms with Crippen LogP contribution in [0.4, 0.5) is 4.39 Å². The van der Waals surface area contributed by atoms with Gasteiger partial charge in [0.2, 0.25) is 5.67 Å². The Hall–Kier alpha value is -1.09. The summed E-state index contributed by atoms with van der Waals surface area (Å²) in [7, 11) is 0. The fourth-order valence-electron chi connectivity index (χ4n) is 0.957. The molecule has 0 bridgehead atoms. The van der Waals surface area contributed by atoms with Crippen molar-refractivity contribution in [1.29, 1.82) is 0 Å². The molecule has 0 spiro atoms. The van der Waals surface area contributed by atoms with E-state index < -0.39 is 11.6 Å². The van der Waals surface area contributed by atoms with Crippen molar-refractivity contribution in [1.82, 2.24) is 0 Å². The molecule has 1 atom stereocenters. The van der Waals surface area contributed by atoms with E-state index in [9.17, 15) is 9.18 Å². The molecule has 4 heteroatoms. The van der Waals surface area contributed by atoms with Crippen molar-refractivity contribution in [3.05, 3.63) is 34.9 Å². The normalized spacial score (nSPS) is 15.0. The third-order valence-corrected chi connectivity index (χ3v) is 2.11. The Morgan fingerprint density at radius 2 is 2.08 bits per heavy atom. The average Bonchev–Trinajstić information content (AvgIpc) is 2.04. The summed E-state index contributed by atoms with van der Waals surface area (Å²) in [5.41, 5.74) is -2.46. The van der Waals surface area contributed by atoms with Crippen molar-refractivity contribution >= 4 is 17.6 Å². The van der Waals surface area contributed by atoms with Crippen molar-refractivity contribution in [3.8, 4) is 0 Å². The zero-order valence-corrected chi connectivity index (χ0v) is 7.68. The molecule has 1 rings (SSSR count). The lowest BCUT2D eigenvalue weighted by Crippen LogP contribution is -2.27. The molecular weight excluding hydrogens is 195 g/mol. The molecule has 2 nitrogen and oxygen atoms in total. The van der Waals surface area contributed by atoms with E-state index >= 15 is 0 Å². The van der Waals surface area contributed by atoms with E-state index in [1.54, 1.807) is 12.1 Å². The van der Waals surface area contributed by atoms with E-state index in [2.05, 4.69) is 0 Å². The second-order valence-corrected chi connectivity index (χ2v) is 3.20. The first kappa shape index (κ1) is 9.99. The molecule has 0 radical (unpaired) electrons. The Morgan fingerprint density at radius 3 is 2.54 bits per heavy atom. The third-order valence-electron chi connectivity index (χ3n) is 1.78. The van der Waals surface area contributed by atoms with Crippen LogP contribution in [-0.2, 0) is 10.5 Å². The number of hydrogen-bond acceptors (Lipinski definition) is 1. The number of aliphatic carboxylic acids is 1. The lowest BCUT2D eigenvalue weighted by Gasteiger charge is -2.16. The van der Waals surface area contributed by atoms with E-state index in [4.69, 9.17) is 16.7 Å². The van der Waals surface area contributed by atoms with Crippen LogP contribution >= 0.6 is 11.6 Å². The highest BCUT2D eigenvalue weighted by atomic mass is 35.5. The Kier molecular flexibility index (Phi) is 2.57.